The normalized spacial score (nSPS) is 12.7. The van der Waals surface area contributed by atoms with Crippen molar-refractivity contribution in [1.29, 1.82) is 0 Å². The quantitative estimate of drug-likeness (QED) is 0.0462. The van der Waals surface area contributed by atoms with Gasteiger partial charge in [-0.2, -0.15) is 0 Å². The number of carbonyl (C=O) groups is 2. The number of carbonyl (C=O) groups excluding carboxylic acids is 2. The summed E-state index contributed by atoms with van der Waals surface area (Å²) in [6.45, 7) is 4.04. The molecule has 0 saturated heterocycles. The highest BCUT2D eigenvalue weighted by Crippen LogP contribution is 2.11. The van der Waals surface area contributed by atoms with E-state index in [2.05, 4.69) is 62.5 Å². The summed E-state index contributed by atoms with van der Waals surface area (Å²) >= 11 is 0. The van der Waals surface area contributed by atoms with E-state index in [0.717, 1.165) is 70.6 Å². The lowest BCUT2D eigenvalue weighted by atomic mass is 10.1. The zero-order chi connectivity index (χ0) is 32.2. The summed E-state index contributed by atoms with van der Waals surface area (Å²) < 4.78 is 10.6. The molecule has 0 bridgehead atoms. The maximum absolute atomic E-state index is 12.1. The average Bonchev–Trinajstić information content (AvgIpc) is 3.02. The largest absolute Gasteiger partial charge is 0.462 e. The molecule has 0 saturated carbocycles. The molecule has 0 radical (unpaired) electrons. The van der Waals surface area contributed by atoms with Crippen LogP contribution >= 0.6 is 0 Å². The van der Waals surface area contributed by atoms with Gasteiger partial charge in [0.2, 0.25) is 0 Å². The maximum atomic E-state index is 12.1. The number of unbranched alkanes of at least 4 members (excludes halogenated alkanes) is 16. The minimum atomic E-state index is -0.783. The van der Waals surface area contributed by atoms with Crippen molar-refractivity contribution >= 4 is 11.9 Å². The van der Waals surface area contributed by atoms with Gasteiger partial charge in [-0.1, -0.05) is 127 Å². The number of hydrogen-bond acceptors (Lipinski definition) is 5. The third-order valence-corrected chi connectivity index (χ3v) is 7.60. The molecule has 0 heterocycles. The third kappa shape index (κ3) is 32.8. The van der Waals surface area contributed by atoms with Crippen LogP contribution in [0.3, 0.4) is 0 Å². The Kier molecular flexibility index (Phi) is 33.6. The van der Waals surface area contributed by atoms with Crippen LogP contribution in [-0.4, -0.2) is 36.4 Å². The number of allylic oxidation sites excluding steroid dienone is 8. The van der Waals surface area contributed by atoms with Gasteiger partial charge in [0, 0.05) is 12.8 Å². The van der Waals surface area contributed by atoms with Crippen LogP contribution in [0.25, 0.3) is 0 Å². The van der Waals surface area contributed by atoms with E-state index in [-0.39, 0.29) is 25.2 Å². The van der Waals surface area contributed by atoms with Gasteiger partial charge < -0.3 is 14.6 Å². The molecule has 0 spiro atoms. The van der Waals surface area contributed by atoms with Gasteiger partial charge in [-0.25, -0.2) is 0 Å². The zero-order valence-electron chi connectivity index (χ0n) is 28.7. The summed E-state index contributed by atoms with van der Waals surface area (Å²) in [6.07, 6.45) is 43.0. The van der Waals surface area contributed by atoms with Gasteiger partial charge in [-0.05, 0) is 77.0 Å². The Hall–Kier alpha value is -2.14. The molecule has 0 aromatic carbocycles. The fourth-order valence-electron chi connectivity index (χ4n) is 4.79. The highest BCUT2D eigenvalue weighted by atomic mass is 16.6. The second-order valence-corrected chi connectivity index (χ2v) is 11.9. The Labute approximate surface area is 271 Å². The van der Waals surface area contributed by atoms with Crippen molar-refractivity contribution in [1.82, 2.24) is 0 Å². The van der Waals surface area contributed by atoms with Crippen LogP contribution in [0.15, 0.2) is 48.6 Å². The Morgan fingerprint density at radius 2 is 0.909 bits per heavy atom. The topological polar surface area (TPSA) is 72.8 Å². The molecule has 5 nitrogen and oxygen atoms in total. The summed E-state index contributed by atoms with van der Waals surface area (Å²) in [5.74, 6) is -0.626. The van der Waals surface area contributed by atoms with Gasteiger partial charge >= 0.3 is 11.9 Å². The number of esters is 2. The second-order valence-electron chi connectivity index (χ2n) is 11.9. The highest BCUT2D eigenvalue weighted by Gasteiger charge is 2.16. The molecule has 0 aliphatic carbocycles. The van der Waals surface area contributed by atoms with Crippen molar-refractivity contribution < 1.29 is 24.2 Å². The van der Waals surface area contributed by atoms with Gasteiger partial charge in [-0.3, -0.25) is 9.59 Å². The molecule has 5 heteroatoms. The Morgan fingerprint density at radius 1 is 0.523 bits per heavy atom. The zero-order valence-corrected chi connectivity index (χ0v) is 28.7. The first-order valence-corrected chi connectivity index (χ1v) is 18.2. The lowest BCUT2D eigenvalue weighted by Gasteiger charge is -2.15. The fraction of sp³-hybridized carbons (Fsp3) is 0.744. The Morgan fingerprint density at radius 3 is 1.34 bits per heavy atom. The monoisotopic (exact) mass is 617 g/mol. The van der Waals surface area contributed by atoms with Gasteiger partial charge in [-0.15, -0.1) is 0 Å². The summed E-state index contributed by atoms with van der Waals surface area (Å²) in [5.41, 5.74) is 0. The predicted octanol–water partition coefficient (Wildman–Crippen LogP) is 11.1. The first-order valence-electron chi connectivity index (χ1n) is 18.2. The van der Waals surface area contributed by atoms with Crippen LogP contribution in [0.4, 0.5) is 0 Å². The van der Waals surface area contributed by atoms with Crippen LogP contribution in [-0.2, 0) is 19.1 Å². The lowest BCUT2D eigenvalue weighted by molar-refractivity contribution is -0.161. The molecule has 0 aromatic rings. The van der Waals surface area contributed by atoms with Gasteiger partial charge in [0.1, 0.15) is 6.61 Å². The number of ether oxygens (including phenoxy) is 2. The lowest BCUT2D eigenvalue weighted by Crippen LogP contribution is -2.28. The van der Waals surface area contributed by atoms with E-state index < -0.39 is 6.10 Å². The molecule has 0 aromatic heterocycles. The minimum Gasteiger partial charge on any atom is -0.462 e. The smallest absolute Gasteiger partial charge is 0.306 e. The van der Waals surface area contributed by atoms with Crippen molar-refractivity contribution in [2.24, 2.45) is 0 Å². The van der Waals surface area contributed by atoms with E-state index in [1.165, 1.54) is 70.6 Å². The molecule has 0 fully saturated rings. The van der Waals surface area contributed by atoms with Crippen molar-refractivity contribution in [2.45, 2.75) is 174 Å². The number of aliphatic hydroxyl groups excluding tert-OH is 1. The van der Waals surface area contributed by atoms with E-state index in [9.17, 15) is 14.7 Å². The predicted molar refractivity (Wildman–Crippen MR) is 187 cm³/mol. The van der Waals surface area contributed by atoms with Crippen LogP contribution in [0.1, 0.15) is 168 Å². The summed E-state index contributed by atoms with van der Waals surface area (Å²) in [7, 11) is 0. The van der Waals surface area contributed by atoms with Gasteiger partial charge in [0.05, 0.1) is 6.61 Å². The molecular formula is C39H68O5. The molecule has 254 valence electrons. The number of hydrogen-bond donors (Lipinski definition) is 1. The van der Waals surface area contributed by atoms with E-state index in [0.29, 0.717) is 12.8 Å². The van der Waals surface area contributed by atoms with E-state index >= 15 is 0 Å². The summed E-state index contributed by atoms with van der Waals surface area (Å²) in [4.78, 5) is 24.2. The molecule has 0 aliphatic heterocycles. The van der Waals surface area contributed by atoms with Gasteiger partial charge in [0.15, 0.2) is 6.10 Å². The summed E-state index contributed by atoms with van der Waals surface area (Å²) in [5, 5.41) is 9.52. The van der Waals surface area contributed by atoms with Crippen LogP contribution < -0.4 is 0 Å². The van der Waals surface area contributed by atoms with Crippen molar-refractivity contribution in [3.05, 3.63) is 48.6 Å². The molecule has 0 aliphatic rings. The Bertz CT molecular complexity index is 752. The third-order valence-electron chi connectivity index (χ3n) is 7.60. The molecule has 1 atom stereocenters. The average molecular weight is 617 g/mol. The first-order chi connectivity index (χ1) is 21.6. The molecule has 0 amide bonds. The standard InChI is InChI=1S/C39H68O5/c1-3-5-7-9-11-13-15-17-19-21-23-25-27-29-31-33-38(41)43-36-37(35-40)44-39(42)34-32-30-28-26-24-22-20-18-16-14-12-10-8-6-4-2/h11-14,17-20,37,40H,3-10,15-16,21-36H2,1-2H3/b13-11-,14-12-,19-17-,20-18-/t37-/m1/s1. The number of aliphatic hydroxyl groups is 1. The molecule has 1 N–H and O–H groups in total. The molecule has 0 rings (SSSR count). The van der Waals surface area contributed by atoms with Crippen molar-refractivity contribution in [2.75, 3.05) is 13.2 Å². The first kappa shape index (κ1) is 41.9. The Balaban J connectivity index is 3.64. The van der Waals surface area contributed by atoms with E-state index in [4.69, 9.17) is 9.47 Å². The summed E-state index contributed by atoms with van der Waals surface area (Å²) in [6, 6.07) is 0. The van der Waals surface area contributed by atoms with Crippen LogP contribution in [0, 0.1) is 0 Å². The molecular weight excluding hydrogens is 548 g/mol. The van der Waals surface area contributed by atoms with E-state index in [1.54, 1.807) is 0 Å². The number of rotatable bonds is 32. The van der Waals surface area contributed by atoms with E-state index in [1.807, 2.05) is 0 Å². The van der Waals surface area contributed by atoms with Crippen LogP contribution in [0.2, 0.25) is 0 Å². The fourth-order valence-corrected chi connectivity index (χ4v) is 4.79. The van der Waals surface area contributed by atoms with Crippen LogP contribution in [0.5, 0.6) is 0 Å². The van der Waals surface area contributed by atoms with Gasteiger partial charge in [0.25, 0.3) is 0 Å². The highest BCUT2D eigenvalue weighted by molar-refractivity contribution is 5.70. The SMILES string of the molecule is CCCCC/C=C\C/C=C\CCCCCCCC(=O)OC[C@@H](CO)OC(=O)CCCCCCC/C=C\C/C=C\CCCCC. The maximum Gasteiger partial charge on any atom is 0.306 e. The second kappa shape index (κ2) is 35.3. The van der Waals surface area contributed by atoms with Crippen molar-refractivity contribution in [3.8, 4) is 0 Å². The minimum absolute atomic E-state index is 0.0799. The van der Waals surface area contributed by atoms with Crippen molar-refractivity contribution in [3.63, 3.8) is 0 Å². The molecule has 0 unspecified atom stereocenters. The molecule has 44 heavy (non-hydrogen) atoms.